The standard InChI is InChI=1S/C24H28N2O5/c1-14(2)21(12-22(27)25-15(3)23(28)29)26-24(30)31-13-20-18-10-6-4-8-16(18)17-9-5-7-11-19(17)20/h4-11,14-15,20-21H,12-13H2,1-3H3,(H,25,27)(H,26,30)(H,28,29)/t15-,21+/m1/s1. The third-order valence-corrected chi connectivity index (χ3v) is 5.60. The Bertz CT molecular complexity index is 926. The number of aliphatic carboxylic acids is 1. The van der Waals surface area contributed by atoms with Crippen molar-refractivity contribution in [2.24, 2.45) is 5.92 Å². The molecule has 0 saturated carbocycles. The first kappa shape index (κ1) is 22.3. The molecular formula is C24H28N2O5. The second kappa shape index (κ2) is 9.64. The molecule has 0 heterocycles. The molecule has 3 rings (SSSR count). The molecule has 7 nitrogen and oxygen atoms in total. The second-order valence-electron chi connectivity index (χ2n) is 8.15. The minimum absolute atomic E-state index is 0.0283. The van der Waals surface area contributed by atoms with E-state index in [4.69, 9.17) is 9.84 Å². The van der Waals surface area contributed by atoms with Crippen molar-refractivity contribution in [1.82, 2.24) is 10.6 Å². The van der Waals surface area contributed by atoms with Gasteiger partial charge in [0, 0.05) is 18.4 Å². The number of carboxylic acids is 1. The third kappa shape index (κ3) is 5.23. The van der Waals surface area contributed by atoms with Gasteiger partial charge in [0.25, 0.3) is 0 Å². The van der Waals surface area contributed by atoms with Gasteiger partial charge in [-0.2, -0.15) is 0 Å². The lowest BCUT2D eigenvalue weighted by molar-refractivity contribution is -0.141. The first-order valence-electron chi connectivity index (χ1n) is 10.4. The summed E-state index contributed by atoms with van der Waals surface area (Å²) in [5.41, 5.74) is 4.55. The van der Waals surface area contributed by atoms with Crippen molar-refractivity contribution in [3.63, 3.8) is 0 Å². The summed E-state index contributed by atoms with van der Waals surface area (Å²) in [4.78, 5) is 35.5. The number of fused-ring (bicyclic) bond motifs is 3. The predicted octanol–water partition coefficient (Wildman–Crippen LogP) is 3.53. The number of nitrogens with one attached hydrogen (secondary N) is 2. The van der Waals surface area contributed by atoms with Crippen LogP contribution in [0, 0.1) is 5.92 Å². The van der Waals surface area contributed by atoms with Gasteiger partial charge in [0.05, 0.1) is 0 Å². The summed E-state index contributed by atoms with van der Waals surface area (Å²) in [7, 11) is 0. The van der Waals surface area contributed by atoms with E-state index >= 15 is 0 Å². The second-order valence-corrected chi connectivity index (χ2v) is 8.15. The molecule has 2 aromatic rings. The molecule has 0 aliphatic heterocycles. The lowest BCUT2D eigenvalue weighted by atomic mass is 9.98. The number of carbonyl (C=O) groups excluding carboxylic acids is 2. The molecule has 0 aromatic heterocycles. The number of ether oxygens (including phenoxy) is 1. The lowest BCUT2D eigenvalue weighted by Crippen LogP contribution is -2.45. The molecule has 0 fully saturated rings. The predicted molar refractivity (Wildman–Crippen MR) is 117 cm³/mol. The number of rotatable bonds is 8. The van der Waals surface area contributed by atoms with Crippen LogP contribution in [0.5, 0.6) is 0 Å². The van der Waals surface area contributed by atoms with E-state index in [0.29, 0.717) is 0 Å². The van der Waals surface area contributed by atoms with Crippen molar-refractivity contribution >= 4 is 18.0 Å². The number of benzene rings is 2. The van der Waals surface area contributed by atoms with E-state index in [0.717, 1.165) is 22.3 Å². The molecule has 0 bridgehead atoms. The smallest absolute Gasteiger partial charge is 0.407 e. The van der Waals surface area contributed by atoms with Crippen molar-refractivity contribution in [2.75, 3.05) is 6.61 Å². The normalized spacial score (nSPS) is 14.3. The Balaban J connectivity index is 1.61. The van der Waals surface area contributed by atoms with E-state index in [1.54, 1.807) is 0 Å². The highest BCUT2D eigenvalue weighted by molar-refractivity contribution is 5.84. The molecule has 31 heavy (non-hydrogen) atoms. The van der Waals surface area contributed by atoms with Crippen LogP contribution in [0.1, 0.15) is 44.2 Å². The molecule has 1 aliphatic rings. The van der Waals surface area contributed by atoms with Gasteiger partial charge in [-0.05, 0) is 35.1 Å². The van der Waals surface area contributed by atoms with Crippen LogP contribution in [0.25, 0.3) is 11.1 Å². The van der Waals surface area contributed by atoms with Crippen LogP contribution in [-0.2, 0) is 14.3 Å². The zero-order chi connectivity index (χ0) is 22.5. The first-order valence-corrected chi connectivity index (χ1v) is 10.4. The van der Waals surface area contributed by atoms with Gasteiger partial charge < -0.3 is 20.5 Å². The number of alkyl carbamates (subject to hydrolysis) is 1. The largest absolute Gasteiger partial charge is 0.480 e. The summed E-state index contributed by atoms with van der Waals surface area (Å²) >= 11 is 0. The quantitative estimate of drug-likeness (QED) is 0.601. The van der Waals surface area contributed by atoms with Gasteiger partial charge in [-0.25, -0.2) is 4.79 Å². The Kier molecular flexibility index (Phi) is 6.95. The highest BCUT2D eigenvalue weighted by Crippen LogP contribution is 2.44. The molecule has 2 amide bonds. The van der Waals surface area contributed by atoms with E-state index in [1.807, 2.05) is 50.2 Å². The van der Waals surface area contributed by atoms with Crippen LogP contribution in [-0.4, -0.2) is 41.8 Å². The Hall–Kier alpha value is -3.35. The number of carbonyl (C=O) groups is 3. The maximum Gasteiger partial charge on any atom is 0.407 e. The topological polar surface area (TPSA) is 105 Å². The molecule has 7 heteroatoms. The van der Waals surface area contributed by atoms with Crippen LogP contribution >= 0.6 is 0 Å². The SMILES string of the molecule is CC(C)[C@H](CC(=O)N[C@H](C)C(=O)O)NC(=O)OCC1c2ccccc2-c2ccccc21. The number of carboxylic acid groups (broad SMARTS) is 1. The minimum atomic E-state index is -1.11. The van der Waals surface area contributed by atoms with E-state index < -0.39 is 30.1 Å². The Morgan fingerprint density at radius 1 is 0.935 bits per heavy atom. The molecule has 0 spiro atoms. The summed E-state index contributed by atoms with van der Waals surface area (Å²) in [5.74, 6) is -1.63. The number of amides is 2. The minimum Gasteiger partial charge on any atom is -0.480 e. The molecule has 164 valence electrons. The molecule has 0 unspecified atom stereocenters. The van der Waals surface area contributed by atoms with Crippen LogP contribution in [0.15, 0.2) is 48.5 Å². The molecule has 3 N–H and O–H groups in total. The highest BCUT2D eigenvalue weighted by atomic mass is 16.5. The lowest BCUT2D eigenvalue weighted by Gasteiger charge is -2.23. The Morgan fingerprint density at radius 2 is 1.48 bits per heavy atom. The van der Waals surface area contributed by atoms with Gasteiger partial charge in [-0.3, -0.25) is 9.59 Å². The van der Waals surface area contributed by atoms with Gasteiger partial charge in [0.15, 0.2) is 0 Å². The Morgan fingerprint density at radius 3 is 2.00 bits per heavy atom. The molecular weight excluding hydrogens is 396 g/mol. The van der Waals surface area contributed by atoms with Crippen molar-refractivity contribution in [1.29, 1.82) is 0 Å². The molecule has 0 saturated heterocycles. The zero-order valence-electron chi connectivity index (χ0n) is 17.9. The van der Waals surface area contributed by atoms with Crippen molar-refractivity contribution in [3.05, 3.63) is 59.7 Å². The van der Waals surface area contributed by atoms with E-state index in [2.05, 4.69) is 22.8 Å². The summed E-state index contributed by atoms with van der Waals surface area (Å²) in [5, 5.41) is 14.1. The fraction of sp³-hybridized carbons (Fsp3) is 0.375. The Labute approximate surface area is 181 Å². The highest BCUT2D eigenvalue weighted by Gasteiger charge is 2.29. The fourth-order valence-corrected chi connectivity index (χ4v) is 3.81. The van der Waals surface area contributed by atoms with Crippen molar-refractivity contribution in [2.45, 2.75) is 45.2 Å². The van der Waals surface area contributed by atoms with Crippen LogP contribution < -0.4 is 10.6 Å². The zero-order valence-corrected chi connectivity index (χ0v) is 17.9. The molecule has 0 radical (unpaired) electrons. The molecule has 2 atom stereocenters. The van der Waals surface area contributed by atoms with Gasteiger partial charge in [-0.1, -0.05) is 62.4 Å². The van der Waals surface area contributed by atoms with Crippen molar-refractivity contribution < 1.29 is 24.2 Å². The van der Waals surface area contributed by atoms with Crippen LogP contribution in [0.3, 0.4) is 0 Å². The van der Waals surface area contributed by atoms with Crippen molar-refractivity contribution in [3.8, 4) is 11.1 Å². The summed E-state index contributed by atoms with van der Waals surface area (Å²) in [6.45, 7) is 5.33. The maximum absolute atomic E-state index is 12.5. The van der Waals surface area contributed by atoms with Gasteiger partial charge >= 0.3 is 12.1 Å². The monoisotopic (exact) mass is 424 g/mol. The number of hydrogen-bond acceptors (Lipinski definition) is 4. The molecule has 2 aromatic carbocycles. The maximum atomic E-state index is 12.5. The van der Waals surface area contributed by atoms with E-state index in [1.165, 1.54) is 6.92 Å². The van der Waals surface area contributed by atoms with Crippen LogP contribution in [0.2, 0.25) is 0 Å². The molecule has 1 aliphatic carbocycles. The third-order valence-electron chi connectivity index (χ3n) is 5.60. The van der Waals surface area contributed by atoms with E-state index in [-0.39, 0.29) is 24.9 Å². The average Bonchev–Trinajstić information content (AvgIpc) is 3.05. The summed E-state index contributed by atoms with van der Waals surface area (Å²) in [6.07, 6.45) is -0.626. The van der Waals surface area contributed by atoms with Gasteiger partial charge in [0.2, 0.25) is 5.91 Å². The van der Waals surface area contributed by atoms with Gasteiger partial charge in [-0.15, -0.1) is 0 Å². The first-order chi connectivity index (χ1) is 14.8. The van der Waals surface area contributed by atoms with E-state index in [9.17, 15) is 14.4 Å². The fourth-order valence-electron chi connectivity index (χ4n) is 3.81. The number of hydrogen-bond donors (Lipinski definition) is 3. The summed E-state index contributed by atoms with van der Waals surface area (Å²) < 4.78 is 5.55. The summed E-state index contributed by atoms with van der Waals surface area (Å²) in [6, 6.07) is 14.7. The van der Waals surface area contributed by atoms with Crippen LogP contribution in [0.4, 0.5) is 4.79 Å². The van der Waals surface area contributed by atoms with Gasteiger partial charge in [0.1, 0.15) is 12.6 Å². The average molecular weight is 424 g/mol.